The lowest BCUT2D eigenvalue weighted by Crippen LogP contribution is -2.16. The third kappa shape index (κ3) is 5.39. The average Bonchev–Trinajstić information content (AvgIpc) is 2.87. The Morgan fingerprint density at radius 3 is 1.78 bits per heavy atom. The molecular formula is C29H26F8. The second-order valence-corrected chi connectivity index (χ2v) is 9.70. The molecule has 0 N–H and O–H groups in total. The van der Waals surface area contributed by atoms with E-state index in [1.54, 1.807) is 0 Å². The zero-order chi connectivity index (χ0) is 26.9. The Morgan fingerprint density at radius 2 is 1.16 bits per heavy atom. The predicted octanol–water partition coefficient (Wildman–Crippen LogP) is 9.99. The molecule has 1 aliphatic carbocycles. The largest absolute Gasteiger partial charge is 0.207 e. The molecule has 4 rings (SSSR count). The van der Waals surface area contributed by atoms with Crippen LogP contribution in [-0.2, 0) is 0 Å². The third-order valence-corrected chi connectivity index (χ3v) is 7.33. The van der Waals surface area contributed by atoms with E-state index in [0.29, 0.717) is 37.0 Å². The van der Waals surface area contributed by atoms with Gasteiger partial charge in [-0.15, -0.1) is 0 Å². The molecule has 0 aromatic heterocycles. The first-order valence-corrected chi connectivity index (χ1v) is 12.4. The fraction of sp³-hybridized carbons (Fsp3) is 0.379. The van der Waals surface area contributed by atoms with Gasteiger partial charge >= 0.3 is 0 Å². The summed E-state index contributed by atoms with van der Waals surface area (Å²) in [7, 11) is 0. The molecule has 0 saturated heterocycles. The second kappa shape index (κ2) is 11.2. The van der Waals surface area contributed by atoms with Crippen molar-refractivity contribution in [3.05, 3.63) is 82.4 Å². The summed E-state index contributed by atoms with van der Waals surface area (Å²) in [6, 6.07) is 3.33. The molecular weight excluding hydrogens is 500 g/mol. The number of halogens is 8. The van der Waals surface area contributed by atoms with Crippen LogP contribution < -0.4 is 0 Å². The van der Waals surface area contributed by atoms with Gasteiger partial charge in [0.25, 0.3) is 0 Å². The third-order valence-electron chi connectivity index (χ3n) is 7.33. The molecule has 3 aromatic carbocycles. The minimum absolute atomic E-state index is 0.386. The zero-order valence-corrected chi connectivity index (χ0v) is 20.2. The van der Waals surface area contributed by atoms with Gasteiger partial charge in [-0.25, -0.2) is 35.1 Å². The van der Waals surface area contributed by atoms with E-state index in [4.69, 9.17) is 0 Å². The minimum Gasteiger partial charge on any atom is -0.207 e. The molecule has 0 radical (unpaired) electrons. The molecule has 3 aromatic rings. The standard InChI is InChI=1S/C29H26F8/c1-2-3-4-5-15-6-8-16(9-7-15)24-21(30)14-20(27(35)29(24)37)19-11-10-18(25(33)26(19)34)17-12-22(31)28(36)23(32)13-17/h10-16H,2-9H2,1H3. The SMILES string of the molecule is CCCCCC1CCC(c2c(F)cc(-c3ccc(-c4cc(F)c(F)c(F)c4)c(F)c3F)c(F)c2F)CC1. The molecule has 0 aliphatic heterocycles. The molecule has 1 saturated carbocycles. The highest BCUT2D eigenvalue weighted by molar-refractivity contribution is 5.72. The molecule has 1 aliphatic rings. The average molecular weight is 527 g/mol. The highest BCUT2D eigenvalue weighted by Gasteiger charge is 2.31. The maximum absolute atomic E-state index is 15.1. The van der Waals surface area contributed by atoms with Gasteiger partial charge in [-0.2, -0.15) is 0 Å². The Morgan fingerprint density at radius 1 is 0.595 bits per heavy atom. The van der Waals surface area contributed by atoms with Gasteiger partial charge in [-0.1, -0.05) is 44.7 Å². The molecule has 37 heavy (non-hydrogen) atoms. The van der Waals surface area contributed by atoms with E-state index in [1.165, 1.54) is 0 Å². The smallest absolute Gasteiger partial charge is 0.194 e. The van der Waals surface area contributed by atoms with Gasteiger partial charge in [0.1, 0.15) is 5.82 Å². The van der Waals surface area contributed by atoms with Crippen LogP contribution in [-0.4, -0.2) is 0 Å². The van der Waals surface area contributed by atoms with E-state index in [0.717, 1.165) is 50.7 Å². The minimum atomic E-state index is -1.78. The van der Waals surface area contributed by atoms with Crippen molar-refractivity contribution in [3.63, 3.8) is 0 Å². The fourth-order valence-corrected chi connectivity index (χ4v) is 5.29. The molecule has 0 bridgehead atoms. The van der Waals surface area contributed by atoms with Crippen LogP contribution >= 0.6 is 0 Å². The number of hydrogen-bond donors (Lipinski definition) is 0. The van der Waals surface area contributed by atoms with E-state index in [-0.39, 0.29) is 5.56 Å². The van der Waals surface area contributed by atoms with Crippen molar-refractivity contribution < 1.29 is 35.1 Å². The molecule has 0 amide bonds. The van der Waals surface area contributed by atoms with Crippen LogP contribution in [0.15, 0.2) is 30.3 Å². The van der Waals surface area contributed by atoms with Crippen molar-refractivity contribution in [2.45, 2.75) is 64.2 Å². The van der Waals surface area contributed by atoms with E-state index in [9.17, 15) is 22.0 Å². The van der Waals surface area contributed by atoms with Crippen molar-refractivity contribution in [1.82, 2.24) is 0 Å². The lowest BCUT2D eigenvalue weighted by atomic mass is 9.76. The van der Waals surface area contributed by atoms with E-state index in [2.05, 4.69) is 6.92 Å². The summed E-state index contributed by atoms with van der Waals surface area (Å²) < 4.78 is 115. The molecule has 0 heterocycles. The first-order chi connectivity index (χ1) is 17.6. The van der Waals surface area contributed by atoms with Crippen LogP contribution in [0.2, 0.25) is 0 Å². The number of benzene rings is 3. The topological polar surface area (TPSA) is 0 Å². The summed E-state index contributed by atoms with van der Waals surface area (Å²) in [4.78, 5) is 0. The quantitative estimate of drug-likeness (QED) is 0.124. The Bertz CT molecular complexity index is 1270. The maximum Gasteiger partial charge on any atom is 0.194 e. The zero-order valence-electron chi connectivity index (χ0n) is 20.2. The summed E-state index contributed by atoms with van der Waals surface area (Å²) in [6.45, 7) is 2.11. The lowest BCUT2D eigenvalue weighted by molar-refractivity contribution is 0.293. The summed E-state index contributed by atoms with van der Waals surface area (Å²) in [6.07, 6.45) is 6.96. The van der Waals surface area contributed by atoms with Crippen molar-refractivity contribution in [1.29, 1.82) is 0 Å². The summed E-state index contributed by atoms with van der Waals surface area (Å²) in [5.74, 6) is -12.3. The summed E-state index contributed by atoms with van der Waals surface area (Å²) in [5.41, 5.74) is -3.09. The molecule has 1 fully saturated rings. The molecule has 8 heteroatoms. The van der Waals surface area contributed by atoms with Crippen LogP contribution in [0.25, 0.3) is 22.3 Å². The predicted molar refractivity (Wildman–Crippen MR) is 126 cm³/mol. The van der Waals surface area contributed by atoms with E-state index < -0.39 is 74.7 Å². The van der Waals surface area contributed by atoms with Gasteiger partial charge in [0.05, 0.1) is 0 Å². The lowest BCUT2D eigenvalue weighted by Gasteiger charge is -2.29. The Labute approximate surface area is 210 Å². The Hall–Kier alpha value is -2.90. The summed E-state index contributed by atoms with van der Waals surface area (Å²) >= 11 is 0. The van der Waals surface area contributed by atoms with Crippen molar-refractivity contribution in [2.24, 2.45) is 5.92 Å². The maximum atomic E-state index is 15.1. The molecule has 0 spiro atoms. The van der Waals surface area contributed by atoms with Gasteiger partial charge in [0, 0.05) is 22.3 Å². The molecule has 198 valence electrons. The van der Waals surface area contributed by atoms with Crippen molar-refractivity contribution >= 4 is 0 Å². The van der Waals surface area contributed by atoms with Gasteiger partial charge in [-0.3, -0.25) is 0 Å². The summed E-state index contributed by atoms with van der Waals surface area (Å²) in [5, 5.41) is 0. The molecule has 0 atom stereocenters. The normalized spacial score (nSPS) is 17.9. The van der Waals surface area contributed by atoms with Crippen LogP contribution in [0.1, 0.15) is 69.8 Å². The van der Waals surface area contributed by atoms with Gasteiger partial charge in [0.2, 0.25) is 0 Å². The molecule has 0 unspecified atom stereocenters. The first-order valence-electron chi connectivity index (χ1n) is 12.4. The number of hydrogen-bond acceptors (Lipinski definition) is 0. The van der Waals surface area contributed by atoms with Gasteiger partial charge in [-0.05, 0) is 61.3 Å². The highest BCUT2D eigenvalue weighted by atomic mass is 19.2. The van der Waals surface area contributed by atoms with Crippen LogP contribution in [0, 0.1) is 52.5 Å². The van der Waals surface area contributed by atoms with Crippen molar-refractivity contribution in [3.8, 4) is 22.3 Å². The Balaban J connectivity index is 1.63. The van der Waals surface area contributed by atoms with Crippen LogP contribution in [0.5, 0.6) is 0 Å². The van der Waals surface area contributed by atoms with Gasteiger partial charge < -0.3 is 0 Å². The van der Waals surface area contributed by atoms with Crippen LogP contribution in [0.4, 0.5) is 35.1 Å². The molecule has 0 nitrogen and oxygen atoms in total. The second-order valence-electron chi connectivity index (χ2n) is 9.70. The van der Waals surface area contributed by atoms with Crippen molar-refractivity contribution in [2.75, 3.05) is 0 Å². The number of rotatable bonds is 7. The van der Waals surface area contributed by atoms with E-state index >= 15 is 13.2 Å². The first kappa shape index (κ1) is 27.1. The Kier molecular flexibility index (Phi) is 8.24. The van der Waals surface area contributed by atoms with E-state index in [1.807, 2.05) is 0 Å². The fourth-order valence-electron chi connectivity index (χ4n) is 5.29. The van der Waals surface area contributed by atoms with Crippen LogP contribution in [0.3, 0.4) is 0 Å². The van der Waals surface area contributed by atoms with Gasteiger partial charge in [0.15, 0.2) is 40.7 Å². The highest BCUT2D eigenvalue weighted by Crippen LogP contribution is 2.42. The number of unbranched alkanes of at least 4 members (excludes halogenated alkanes) is 2. The monoisotopic (exact) mass is 526 g/mol.